The second-order valence-electron chi connectivity index (χ2n) is 2.35. The predicted octanol–water partition coefficient (Wildman–Crippen LogP) is 1.03. The second-order valence-corrected chi connectivity index (χ2v) is 3.10. The third-order valence-corrected chi connectivity index (χ3v) is 1.98. The number of carbonyl (C=O) groups is 1. The lowest BCUT2D eigenvalue weighted by Gasteiger charge is -1.94. The summed E-state index contributed by atoms with van der Waals surface area (Å²) in [6, 6.07) is 0. The van der Waals surface area contributed by atoms with Crippen molar-refractivity contribution in [3.63, 3.8) is 0 Å². The summed E-state index contributed by atoms with van der Waals surface area (Å²) in [6.45, 7) is 2.16. The van der Waals surface area contributed by atoms with Gasteiger partial charge in [0.05, 0.1) is 0 Å². The summed E-state index contributed by atoms with van der Waals surface area (Å²) in [6.07, 6.45) is 0.444. The highest BCUT2D eigenvalue weighted by Crippen LogP contribution is 2.11. The molecule has 1 N–H and O–H groups in total. The van der Waals surface area contributed by atoms with E-state index in [2.05, 4.69) is 14.7 Å². The molecule has 1 rings (SSSR count). The van der Waals surface area contributed by atoms with E-state index in [0.717, 1.165) is 11.5 Å². The molecule has 0 saturated heterocycles. The highest BCUT2D eigenvalue weighted by molar-refractivity contribution is 7.09. The highest BCUT2D eigenvalue weighted by atomic mass is 32.1. The van der Waals surface area contributed by atoms with Gasteiger partial charge in [0, 0.05) is 25.1 Å². The van der Waals surface area contributed by atoms with Gasteiger partial charge in [0.15, 0.2) is 5.82 Å². The molecule has 0 unspecified atom stereocenters. The first-order valence-electron chi connectivity index (χ1n) is 3.87. The monoisotopic (exact) mass is 201 g/mol. The molecule has 13 heavy (non-hydrogen) atoms. The summed E-state index contributed by atoms with van der Waals surface area (Å²) in [4.78, 5) is 15.0. The number of aromatic nitrogens is 2. The Morgan fingerprint density at radius 2 is 2.46 bits per heavy atom. The van der Waals surface area contributed by atoms with Gasteiger partial charge in [0.1, 0.15) is 6.61 Å². The average Bonchev–Trinajstić information content (AvgIpc) is 2.53. The number of nitrogens with zero attached hydrogens (tertiary/aromatic N) is 2. The molecule has 1 amide bonds. The van der Waals surface area contributed by atoms with Gasteiger partial charge in [-0.2, -0.15) is 4.37 Å². The smallest absolute Gasteiger partial charge is 0.225 e. The van der Waals surface area contributed by atoms with Crippen LogP contribution < -0.4 is 5.32 Å². The number of rotatable bonds is 4. The Morgan fingerprint density at radius 1 is 1.69 bits per heavy atom. The molecule has 0 fully saturated rings. The number of hydrogen-bond donors (Lipinski definition) is 1. The van der Waals surface area contributed by atoms with Crippen LogP contribution in [0.3, 0.4) is 0 Å². The Morgan fingerprint density at radius 3 is 3.08 bits per heavy atom. The number of ether oxygens (including phenoxy) is 1. The van der Waals surface area contributed by atoms with Gasteiger partial charge in [-0.1, -0.05) is 6.92 Å². The number of hydrogen-bond acceptors (Lipinski definition) is 5. The normalized spacial score (nSPS) is 10.0. The molecule has 5 nitrogen and oxygen atoms in total. The molecule has 0 aliphatic rings. The van der Waals surface area contributed by atoms with Crippen molar-refractivity contribution in [1.29, 1.82) is 0 Å². The van der Waals surface area contributed by atoms with E-state index in [9.17, 15) is 4.79 Å². The van der Waals surface area contributed by atoms with Crippen molar-refractivity contribution in [2.45, 2.75) is 20.0 Å². The number of anilines is 1. The first kappa shape index (κ1) is 10.1. The van der Waals surface area contributed by atoms with Crippen LogP contribution in [0.5, 0.6) is 0 Å². The summed E-state index contributed by atoms with van der Waals surface area (Å²) in [5, 5.41) is 3.15. The Kier molecular flexibility index (Phi) is 3.78. The average molecular weight is 201 g/mol. The molecule has 0 aliphatic heterocycles. The Hall–Kier alpha value is -1.01. The minimum atomic E-state index is -0.0554. The van der Waals surface area contributed by atoms with Crippen LogP contribution in [0.25, 0.3) is 0 Å². The molecular formula is C7H11N3O2S. The summed E-state index contributed by atoms with van der Waals surface area (Å²) in [5.74, 6) is 0.541. The van der Waals surface area contributed by atoms with Crippen LogP contribution in [-0.2, 0) is 16.1 Å². The fourth-order valence-corrected chi connectivity index (χ4v) is 1.29. The molecule has 0 bridgehead atoms. The van der Waals surface area contributed by atoms with Gasteiger partial charge in [-0.15, -0.1) is 0 Å². The minimum Gasteiger partial charge on any atom is -0.377 e. The largest absolute Gasteiger partial charge is 0.377 e. The Balaban J connectivity index is 2.53. The van der Waals surface area contributed by atoms with E-state index in [1.54, 1.807) is 14.0 Å². The van der Waals surface area contributed by atoms with E-state index in [1.807, 2.05) is 0 Å². The quantitative estimate of drug-likeness (QED) is 0.790. The molecule has 0 aromatic carbocycles. The van der Waals surface area contributed by atoms with Crippen LogP contribution in [0.4, 0.5) is 5.13 Å². The molecule has 0 spiro atoms. The molecule has 0 saturated carbocycles. The lowest BCUT2D eigenvalue weighted by atomic mass is 10.5. The van der Waals surface area contributed by atoms with Crippen LogP contribution in [-0.4, -0.2) is 22.4 Å². The lowest BCUT2D eigenvalue weighted by Crippen LogP contribution is -2.09. The van der Waals surface area contributed by atoms with Gasteiger partial charge < -0.3 is 10.1 Å². The molecule has 0 radical (unpaired) electrons. The number of methoxy groups -OCH3 is 1. The minimum absolute atomic E-state index is 0.0554. The topological polar surface area (TPSA) is 64.1 Å². The maximum absolute atomic E-state index is 10.9. The third-order valence-electron chi connectivity index (χ3n) is 1.31. The molecule has 1 aromatic heterocycles. The van der Waals surface area contributed by atoms with Crippen molar-refractivity contribution >= 4 is 22.6 Å². The molecule has 1 heterocycles. The van der Waals surface area contributed by atoms with E-state index in [0.29, 0.717) is 24.0 Å². The summed E-state index contributed by atoms with van der Waals surface area (Å²) in [5.41, 5.74) is 0. The van der Waals surface area contributed by atoms with Crippen molar-refractivity contribution in [2.75, 3.05) is 12.4 Å². The highest BCUT2D eigenvalue weighted by Gasteiger charge is 2.05. The Labute approximate surface area is 80.3 Å². The number of nitrogens with one attached hydrogen (secondary N) is 1. The van der Waals surface area contributed by atoms with E-state index >= 15 is 0 Å². The van der Waals surface area contributed by atoms with Gasteiger partial charge in [0.2, 0.25) is 11.0 Å². The summed E-state index contributed by atoms with van der Waals surface area (Å²) < 4.78 is 8.83. The van der Waals surface area contributed by atoms with Gasteiger partial charge in [-0.25, -0.2) is 4.98 Å². The fraction of sp³-hybridized carbons (Fsp3) is 0.571. The van der Waals surface area contributed by atoms with Gasteiger partial charge in [-0.05, 0) is 0 Å². The number of carbonyl (C=O) groups excluding carboxylic acids is 1. The fourth-order valence-electron chi connectivity index (χ4n) is 0.700. The Bertz CT molecular complexity index is 287. The molecule has 6 heteroatoms. The predicted molar refractivity (Wildman–Crippen MR) is 49.5 cm³/mol. The van der Waals surface area contributed by atoms with E-state index in [-0.39, 0.29) is 5.91 Å². The zero-order chi connectivity index (χ0) is 9.68. The summed E-state index contributed by atoms with van der Waals surface area (Å²) >= 11 is 1.16. The SMILES string of the molecule is CCC(=O)Nc1nc(COC)ns1. The molecular weight excluding hydrogens is 190 g/mol. The molecule has 0 aliphatic carbocycles. The van der Waals surface area contributed by atoms with E-state index in [4.69, 9.17) is 4.74 Å². The van der Waals surface area contributed by atoms with Gasteiger partial charge in [-0.3, -0.25) is 4.79 Å². The first-order valence-corrected chi connectivity index (χ1v) is 4.65. The van der Waals surface area contributed by atoms with Crippen molar-refractivity contribution in [2.24, 2.45) is 0 Å². The maximum Gasteiger partial charge on any atom is 0.225 e. The zero-order valence-corrected chi connectivity index (χ0v) is 8.35. The van der Waals surface area contributed by atoms with Crippen molar-refractivity contribution in [1.82, 2.24) is 9.36 Å². The van der Waals surface area contributed by atoms with Gasteiger partial charge in [0.25, 0.3) is 0 Å². The molecule has 0 atom stereocenters. The third kappa shape index (κ3) is 3.08. The van der Waals surface area contributed by atoms with Crippen LogP contribution in [0, 0.1) is 0 Å². The van der Waals surface area contributed by atoms with E-state index in [1.165, 1.54) is 0 Å². The molecule has 1 aromatic rings. The van der Waals surface area contributed by atoms with Crippen LogP contribution >= 0.6 is 11.5 Å². The maximum atomic E-state index is 10.9. The summed E-state index contributed by atoms with van der Waals surface area (Å²) in [7, 11) is 1.57. The van der Waals surface area contributed by atoms with Crippen molar-refractivity contribution in [3.05, 3.63) is 5.82 Å². The number of amides is 1. The lowest BCUT2D eigenvalue weighted by molar-refractivity contribution is -0.115. The van der Waals surface area contributed by atoms with Crippen molar-refractivity contribution < 1.29 is 9.53 Å². The second kappa shape index (κ2) is 4.88. The van der Waals surface area contributed by atoms with Crippen LogP contribution in [0.1, 0.15) is 19.2 Å². The molecule has 72 valence electrons. The zero-order valence-electron chi connectivity index (χ0n) is 7.53. The van der Waals surface area contributed by atoms with E-state index < -0.39 is 0 Å². The van der Waals surface area contributed by atoms with Crippen LogP contribution in [0.2, 0.25) is 0 Å². The standard InChI is InChI=1S/C7H11N3O2S/c1-3-6(11)9-7-8-5(4-12-2)10-13-7/h3-4H2,1-2H3,(H,8,9,10,11). The van der Waals surface area contributed by atoms with Crippen LogP contribution in [0.15, 0.2) is 0 Å². The first-order chi connectivity index (χ1) is 6.26. The van der Waals surface area contributed by atoms with Gasteiger partial charge >= 0.3 is 0 Å². The van der Waals surface area contributed by atoms with Crippen molar-refractivity contribution in [3.8, 4) is 0 Å².